The van der Waals surface area contributed by atoms with E-state index in [0.29, 0.717) is 35.2 Å². The number of benzene rings is 1. The number of aryl methyl sites for hydroxylation is 1. The van der Waals surface area contributed by atoms with Gasteiger partial charge in [-0.15, -0.1) is 18.3 Å². The summed E-state index contributed by atoms with van der Waals surface area (Å²) in [5.41, 5.74) is 2.15. The van der Waals surface area contributed by atoms with Crippen LogP contribution in [-0.4, -0.2) is 28.7 Å². The van der Waals surface area contributed by atoms with E-state index in [0.717, 1.165) is 5.57 Å². The molecule has 0 aliphatic rings. The van der Waals surface area contributed by atoms with Crippen LogP contribution in [0.25, 0.3) is 0 Å². The summed E-state index contributed by atoms with van der Waals surface area (Å²) in [6.45, 7) is 7.68. The third kappa shape index (κ3) is 7.14. The molecule has 0 aliphatic carbocycles. The zero-order valence-corrected chi connectivity index (χ0v) is 16.6. The number of aromatic nitrogens is 2. The van der Waals surface area contributed by atoms with Gasteiger partial charge < -0.3 is 10.1 Å². The molecular weight excluding hydrogens is 407 g/mol. The summed E-state index contributed by atoms with van der Waals surface area (Å²) in [5, 5.41) is 9.06. The Hall–Kier alpha value is -3.03. The summed E-state index contributed by atoms with van der Waals surface area (Å²) in [6, 6.07) is 5.32. The fraction of sp³-hybridized carbons (Fsp3) is 0.263. The number of halogens is 4. The molecule has 0 spiro atoms. The molecule has 0 saturated carbocycles. The maximum absolute atomic E-state index is 12.3. The molecule has 0 unspecified atom stereocenters. The summed E-state index contributed by atoms with van der Waals surface area (Å²) in [7, 11) is 0. The number of nitrogens with one attached hydrogen (secondary N) is 1. The number of nitrogens with zero attached hydrogens (tertiary/aromatic N) is 4. The van der Waals surface area contributed by atoms with Crippen LogP contribution in [0.5, 0.6) is 5.75 Å². The minimum Gasteiger partial charge on any atom is -0.406 e. The molecule has 2 aromatic rings. The summed E-state index contributed by atoms with van der Waals surface area (Å²) in [5.74, 6) is 2.65. The van der Waals surface area contributed by atoms with Crippen molar-refractivity contribution in [1.82, 2.24) is 9.97 Å². The monoisotopic (exact) mass is 425 g/mol. The average molecular weight is 426 g/mol. The van der Waals surface area contributed by atoms with Crippen LogP contribution in [-0.2, 0) is 0 Å². The third-order valence-electron chi connectivity index (χ3n) is 3.63. The first-order valence-electron chi connectivity index (χ1n) is 8.45. The molecule has 1 N–H and O–H groups in total. The van der Waals surface area contributed by atoms with Crippen molar-refractivity contribution in [3.63, 3.8) is 0 Å². The largest absolute Gasteiger partial charge is 0.573 e. The summed E-state index contributed by atoms with van der Waals surface area (Å²) in [6.07, 6.45) is -0.946. The molecule has 10 heteroatoms. The van der Waals surface area contributed by atoms with Gasteiger partial charge >= 0.3 is 6.36 Å². The van der Waals surface area contributed by atoms with Gasteiger partial charge in [-0.1, -0.05) is 17.2 Å². The van der Waals surface area contributed by atoms with Crippen molar-refractivity contribution >= 4 is 29.0 Å². The van der Waals surface area contributed by atoms with Crippen LogP contribution in [0.15, 0.2) is 54.0 Å². The van der Waals surface area contributed by atoms with E-state index in [1.165, 1.54) is 35.6 Å². The van der Waals surface area contributed by atoms with E-state index in [1.54, 1.807) is 13.1 Å². The lowest BCUT2D eigenvalue weighted by molar-refractivity contribution is -0.274. The van der Waals surface area contributed by atoms with Crippen LogP contribution in [0.1, 0.15) is 19.0 Å². The number of anilines is 2. The predicted octanol–water partition coefficient (Wildman–Crippen LogP) is 5.32. The van der Waals surface area contributed by atoms with E-state index in [1.807, 2.05) is 6.92 Å². The Labute approximate surface area is 171 Å². The predicted molar refractivity (Wildman–Crippen MR) is 107 cm³/mol. The lowest BCUT2D eigenvalue weighted by atomic mass is 10.2. The minimum atomic E-state index is -4.74. The van der Waals surface area contributed by atoms with Crippen molar-refractivity contribution in [2.45, 2.75) is 26.6 Å². The number of hydrogen-bond donors (Lipinski definition) is 1. The molecule has 29 heavy (non-hydrogen) atoms. The van der Waals surface area contributed by atoms with Gasteiger partial charge in [-0.05, 0) is 51.1 Å². The van der Waals surface area contributed by atoms with Crippen LogP contribution in [0, 0.1) is 6.92 Å². The van der Waals surface area contributed by atoms with Crippen LogP contribution in [0.3, 0.4) is 0 Å². The second kappa shape index (κ2) is 9.95. The van der Waals surface area contributed by atoms with Crippen molar-refractivity contribution in [2.24, 2.45) is 5.10 Å². The molecule has 0 fully saturated rings. The minimum absolute atomic E-state index is 0.314. The van der Waals surface area contributed by atoms with Gasteiger partial charge in [0.1, 0.15) is 22.9 Å². The highest BCUT2D eigenvalue weighted by atomic mass is 35.5. The van der Waals surface area contributed by atoms with Gasteiger partial charge in [-0.25, -0.2) is 15.0 Å². The van der Waals surface area contributed by atoms with Crippen LogP contribution in [0.4, 0.5) is 24.7 Å². The summed E-state index contributed by atoms with van der Waals surface area (Å²) >= 11 is 6.15. The van der Waals surface area contributed by atoms with E-state index in [-0.39, 0.29) is 5.75 Å². The van der Waals surface area contributed by atoms with Gasteiger partial charge in [0.2, 0.25) is 0 Å². The summed E-state index contributed by atoms with van der Waals surface area (Å²) in [4.78, 5) is 8.10. The van der Waals surface area contributed by atoms with Crippen molar-refractivity contribution in [2.75, 3.05) is 16.9 Å². The van der Waals surface area contributed by atoms with Gasteiger partial charge in [0.15, 0.2) is 0 Å². The van der Waals surface area contributed by atoms with E-state index in [9.17, 15) is 13.2 Å². The smallest absolute Gasteiger partial charge is 0.406 e. The molecule has 154 valence electrons. The van der Waals surface area contributed by atoms with Gasteiger partial charge in [-0.2, -0.15) is 0 Å². The number of ether oxygens (including phenoxy) is 1. The number of alkyl halides is 3. The first-order valence-corrected chi connectivity index (χ1v) is 8.83. The Kier molecular flexibility index (Phi) is 7.64. The zero-order valence-electron chi connectivity index (χ0n) is 15.8. The third-order valence-corrected chi connectivity index (χ3v) is 4.08. The lowest BCUT2D eigenvalue weighted by Crippen LogP contribution is -2.17. The van der Waals surface area contributed by atoms with Crippen LogP contribution < -0.4 is 15.1 Å². The lowest BCUT2D eigenvalue weighted by Gasteiger charge is -2.16. The van der Waals surface area contributed by atoms with Crippen molar-refractivity contribution in [3.05, 3.63) is 59.7 Å². The second-order valence-corrected chi connectivity index (χ2v) is 6.30. The van der Waals surface area contributed by atoms with E-state index in [4.69, 9.17) is 11.6 Å². The fourth-order valence-electron chi connectivity index (χ4n) is 2.27. The highest BCUT2D eigenvalue weighted by Gasteiger charge is 2.31. The number of rotatable bonds is 8. The first-order chi connectivity index (χ1) is 13.7. The molecule has 1 aromatic heterocycles. The molecule has 0 bridgehead atoms. The Morgan fingerprint density at radius 1 is 1.34 bits per heavy atom. The zero-order chi connectivity index (χ0) is 21.4. The molecule has 0 saturated heterocycles. The molecule has 6 nitrogen and oxygen atoms in total. The van der Waals surface area contributed by atoms with Gasteiger partial charge in [0, 0.05) is 18.6 Å². The Balaban J connectivity index is 2.03. The highest BCUT2D eigenvalue weighted by molar-refractivity contribution is 6.33. The topological polar surface area (TPSA) is 62.6 Å². The van der Waals surface area contributed by atoms with E-state index >= 15 is 0 Å². The Morgan fingerprint density at radius 3 is 2.66 bits per heavy atom. The molecule has 0 amide bonds. The maximum Gasteiger partial charge on any atom is 0.573 e. The number of hydrogen-bond acceptors (Lipinski definition) is 6. The van der Waals surface area contributed by atoms with Gasteiger partial charge in [0.05, 0.1) is 11.4 Å². The highest BCUT2D eigenvalue weighted by Crippen LogP contribution is 2.26. The van der Waals surface area contributed by atoms with E-state index in [2.05, 4.69) is 37.6 Å². The second-order valence-electron chi connectivity index (χ2n) is 5.92. The normalized spacial score (nSPS) is 11.6. The standard InChI is InChI=1S/C19H19ClF3N5O/c1-4-27-28(15-5-7-16(8-6-15)29-19(21,22)23)11-13(2)9-10-24-18-17(20)14(3)25-12-26-18/h5-8,11-12H,1,9-10H2,2-3H3,(H,24,25,26)/b13-11+. The summed E-state index contributed by atoms with van der Waals surface area (Å²) < 4.78 is 40.7. The molecule has 2 rings (SSSR count). The molecule has 1 aromatic carbocycles. The van der Waals surface area contributed by atoms with Gasteiger partial charge in [-0.3, -0.25) is 0 Å². The Bertz CT molecular complexity index is 909. The van der Waals surface area contributed by atoms with Crippen molar-refractivity contribution in [3.8, 4) is 5.75 Å². The average Bonchev–Trinajstić information content (AvgIpc) is 2.64. The molecular formula is C19H19ClF3N5O. The van der Waals surface area contributed by atoms with Crippen LogP contribution in [0.2, 0.25) is 5.02 Å². The van der Waals surface area contributed by atoms with Gasteiger partial charge in [0.25, 0.3) is 0 Å². The molecule has 0 aliphatic heterocycles. The van der Waals surface area contributed by atoms with E-state index < -0.39 is 6.36 Å². The molecule has 0 radical (unpaired) electrons. The quantitative estimate of drug-likeness (QED) is 0.458. The van der Waals surface area contributed by atoms with Crippen LogP contribution >= 0.6 is 11.6 Å². The fourth-order valence-corrected chi connectivity index (χ4v) is 2.43. The van der Waals surface area contributed by atoms with Crippen molar-refractivity contribution in [1.29, 1.82) is 0 Å². The molecule has 1 heterocycles. The number of hydrazone groups is 1. The Morgan fingerprint density at radius 2 is 2.03 bits per heavy atom. The maximum atomic E-state index is 12.3. The van der Waals surface area contributed by atoms with Crippen molar-refractivity contribution < 1.29 is 17.9 Å². The molecule has 0 atom stereocenters. The SMILES string of the molecule is C=C=NN(/C=C(\C)CCNc1ncnc(C)c1Cl)c1ccc(OC(F)(F)F)cc1. The first kappa shape index (κ1) is 22.3.